The van der Waals surface area contributed by atoms with Gasteiger partial charge in [-0.3, -0.25) is 14.9 Å². The molecule has 1 heterocycles. The van der Waals surface area contributed by atoms with E-state index < -0.39 is 17.8 Å². The van der Waals surface area contributed by atoms with Gasteiger partial charge in [0.1, 0.15) is 5.57 Å². The van der Waals surface area contributed by atoms with Gasteiger partial charge in [-0.25, -0.2) is 9.69 Å². The minimum Gasteiger partial charge on any atom is -0.504 e. The molecule has 2 aromatic rings. The van der Waals surface area contributed by atoms with Gasteiger partial charge in [0.2, 0.25) is 0 Å². The first-order chi connectivity index (χ1) is 13.8. The van der Waals surface area contributed by atoms with Crippen LogP contribution in [0.1, 0.15) is 11.1 Å². The molecule has 0 bridgehead atoms. The summed E-state index contributed by atoms with van der Waals surface area (Å²) in [5, 5.41) is 12.7. The van der Waals surface area contributed by atoms with Crippen molar-refractivity contribution in [2.75, 3.05) is 12.0 Å². The number of allylic oxidation sites excluding steroid dienone is 1. The van der Waals surface area contributed by atoms with Crippen LogP contribution >= 0.6 is 11.6 Å². The zero-order chi connectivity index (χ0) is 21.1. The smallest absolute Gasteiger partial charge is 0.335 e. The molecule has 0 radical (unpaired) electrons. The van der Waals surface area contributed by atoms with Gasteiger partial charge in [0, 0.05) is 10.6 Å². The van der Waals surface area contributed by atoms with Gasteiger partial charge in [-0.1, -0.05) is 23.7 Å². The zero-order valence-electron chi connectivity index (χ0n) is 15.4. The largest absolute Gasteiger partial charge is 0.504 e. The Labute approximate surface area is 171 Å². The molecule has 2 aromatic carbocycles. The Bertz CT molecular complexity index is 1060. The number of urea groups is 1. The summed E-state index contributed by atoms with van der Waals surface area (Å²) < 4.78 is 5.16. The summed E-state index contributed by atoms with van der Waals surface area (Å²) in [6.45, 7) is 3.64. The molecule has 1 saturated heterocycles. The zero-order valence-corrected chi connectivity index (χ0v) is 16.2. The molecule has 148 valence electrons. The minimum atomic E-state index is -0.866. The Morgan fingerprint density at radius 2 is 2.00 bits per heavy atom. The average Bonchev–Trinajstić information content (AvgIpc) is 2.67. The van der Waals surface area contributed by atoms with Gasteiger partial charge in [0.25, 0.3) is 11.8 Å². The van der Waals surface area contributed by atoms with Crippen LogP contribution in [0.25, 0.3) is 6.08 Å². The molecule has 4 amide bonds. The Kier molecular flexibility index (Phi) is 5.70. The van der Waals surface area contributed by atoms with E-state index in [2.05, 4.69) is 11.9 Å². The van der Waals surface area contributed by atoms with Crippen LogP contribution in [0.15, 0.2) is 54.6 Å². The van der Waals surface area contributed by atoms with Gasteiger partial charge in [-0.2, -0.15) is 0 Å². The molecule has 0 aromatic heterocycles. The highest BCUT2D eigenvalue weighted by atomic mass is 35.5. The second-order valence-corrected chi connectivity index (χ2v) is 6.60. The lowest BCUT2D eigenvalue weighted by molar-refractivity contribution is -0.122. The number of anilines is 1. The molecule has 1 aliphatic rings. The molecule has 2 N–H and O–H groups in total. The molecular formula is C21H17ClN2O5. The number of aromatic hydroxyl groups is 1. The van der Waals surface area contributed by atoms with Crippen molar-refractivity contribution in [1.82, 2.24) is 5.32 Å². The first-order valence-electron chi connectivity index (χ1n) is 8.53. The second kappa shape index (κ2) is 8.20. The summed E-state index contributed by atoms with van der Waals surface area (Å²) in [6, 6.07) is 8.38. The number of nitrogens with one attached hydrogen (secondary N) is 1. The van der Waals surface area contributed by atoms with Gasteiger partial charge >= 0.3 is 6.03 Å². The molecule has 1 fully saturated rings. The number of hydrogen-bond donors (Lipinski definition) is 2. The van der Waals surface area contributed by atoms with Gasteiger partial charge in [0.05, 0.1) is 12.8 Å². The third-order valence-corrected chi connectivity index (χ3v) is 4.47. The summed E-state index contributed by atoms with van der Waals surface area (Å²) in [5.74, 6) is -1.48. The fourth-order valence-electron chi connectivity index (χ4n) is 2.91. The number of barbiturate groups is 1. The topological polar surface area (TPSA) is 95.9 Å². The van der Waals surface area contributed by atoms with E-state index in [4.69, 9.17) is 16.3 Å². The number of phenols is 1. The number of phenolic OH excluding ortho intramolecular Hbond substituents is 1. The summed E-state index contributed by atoms with van der Waals surface area (Å²) in [5.41, 5.74) is 0.934. The molecule has 29 heavy (non-hydrogen) atoms. The van der Waals surface area contributed by atoms with Crippen LogP contribution in [0.3, 0.4) is 0 Å². The van der Waals surface area contributed by atoms with Crippen molar-refractivity contribution in [3.8, 4) is 11.5 Å². The van der Waals surface area contributed by atoms with Gasteiger partial charge in [-0.15, -0.1) is 6.58 Å². The SMILES string of the molecule is C=CCc1cc(C=C2C(=O)NC(=O)N(c3cccc(Cl)c3)C2=O)cc(OC)c1O. The van der Waals surface area contributed by atoms with Crippen LogP contribution in [-0.4, -0.2) is 30.1 Å². The van der Waals surface area contributed by atoms with E-state index in [1.54, 1.807) is 24.3 Å². The maximum Gasteiger partial charge on any atom is 0.335 e. The maximum atomic E-state index is 12.9. The number of imide groups is 2. The van der Waals surface area contributed by atoms with Gasteiger partial charge in [-0.05, 0) is 48.4 Å². The number of halogens is 1. The van der Waals surface area contributed by atoms with Crippen LogP contribution in [-0.2, 0) is 16.0 Å². The Hall–Kier alpha value is -3.58. The van der Waals surface area contributed by atoms with E-state index in [0.717, 1.165) is 4.90 Å². The van der Waals surface area contributed by atoms with Crippen molar-refractivity contribution in [1.29, 1.82) is 0 Å². The quantitative estimate of drug-likeness (QED) is 0.445. The lowest BCUT2D eigenvalue weighted by Crippen LogP contribution is -2.54. The van der Waals surface area contributed by atoms with E-state index in [1.807, 2.05) is 0 Å². The Balaban J connectivity index is 2.07. The third-order valence-electron chi connectivity index (χ3n) is 4.24. The molecule has 0 atom stereocenters. The predicted molar refractivity (Wildman–Crippen MR) is 109 cm³/mol. The molecule has 1 aliphatic heterocycles. The summed E-state index contributed by atoms with van der Waals surface area (Å²) >= 11 is 5.95. The molecule has 8 heteroatoms. The van der Waals surface area contributed by atoms with Crippen molar-refractivity contribution in [3.63, 3.8) is 0 Å². The van der Waals surface area contributed by atoms with Gasteiger partial charge in [0.15, 0.2) is 11.5 Å². The fourth-order valence-corrected chi connectivity index (χ4v) is 3.10. The van der Waals surface area contributed by atoms with Crippen molar-refractivity contribution >= 4 is 41.2 Å². The molecular weight excluding hydrogens is 396 g/mol. The van der Waals surface area contributed by atoms with Crippen LogP contribution < -0.4 is 15.0 Å². The van der Waals surface area contributed by atoms with Crippen LogP contribution in [0.2, 0.25) is 5.02 Å². The van der Waals surface area contributed by atoms with Crippen LogP contribution in [0.5, 0.6) is 11.5 Å². The molecule has 0 aliphatic carbocycles. The Morgan fingerprint density at radius 1 is 1.24 bits per heavy atom. The highest BCUT2D eigenvalue weighted by Gasteiger charge is 2.36. The predicted octanol–water partition coefficient (Wildman–Crippen LogP) is 3.45. The van der Waals surface area contributed by atoms with E-state index in [1.165, 1.54) is 31.4 Å². The molecule has 0 saturated carbocycles. The number of nitrogens with zero attached hydrogens (tertiary/aromatic N) is 1. The van der Waals surface area contributed by atoms with Crippen molar-refractivity contribution in [2.45, 2.75) is 6.42 Å². The summed E-state index contributed by atoms with van der Waals surface area (Å²) in [6.07, 6.45) is 3.28. The normalized spacial score (nSPS) is 15.4. The fraction of sp³-hybridized carbons (Fsp3) is 0.0952. The standard InChI is InChI=1S/C21H17ClN2O5/c1-3-5-13-8-12(10-17(29-2)18(13)25)9-16-19(26)23-21(28)24(20(16)27)15-7-4-6-14(22)11-15/h3-4,6-11,25H,1,5H2,2H3,(H,23,26,28). The number of carbonyl (C=O) groups is 3. The molecule has 7 nitrogen and oxygen atoms in total. The molecule has 3 rings (SSSR count). The minimum absolute atomic E-state index is 0.0512. The number of hydrogen-bond acceptors (Lipinski definition) is 5. The highest BCUT2D eigenvalue weighted by Crippen LogP contribution is 2.33. The number of amides is 4. The highest BCUT2D eigenvalue weighted by molar-refractivity contribution is 6.39. The maximum absolute atomic E-state index is 12.9. The number of benzene rings is 2. The third kappa shape index (κ3) is 4.00. The number of ether oxygens (including phenoxy) is 1. The van der Waals surface area contributed by atoms with E-state index >= 15 is 0 Å². The summed E-state index contributed by atoms with van der Waals surface area (Å²) in [4.78, 5) is 38.3. The lowest BCUT2D eigenvalue weighted by atomic mass is 10.0. The van der Waals surface area contributed by atoms with E-state index in [9.17, 15) is 19.5 Å². The number of rotatable bonds is 5. The number of methoxy groups -OCH3 is 1. The van der Waals surface area contributed by atoms with Crippen LogP contribution in [0.4, 0.5) is 10.5 Å². The number of carbonyl (C=O) groups excluding carboxylic acids is 3. The van der Waals surface area contributed by atoms with E-state index in [0.29, 0.717) is 22.6 Å². The average molecular weight is 413 g/mol. The monoisotopic (exact) mass is 412 g/mol. The molecule has 0 unspecified atom stereocenters. The second-order valence-electron chi connectivity index (χ2n) is 6.16. The van der Waals surface area contributed by atoms with Crippen molar-refractivity contribution in [2.24, 2.45) is 0 Å². The summed E-state index contributed by atoms with van der Waals surface area (Å²) in [7, 11) is 1.39. The van der Waals surface area contributed by atoms with Gasteiger partial charge < -0.3 is 9.84 Å². The first kappa shape index (κ1) is 20.2. The van der Waals surface area contributed by atoms with E-state index in [-0.39, 0.29) is 22.8 Å². The lowest BCUT2D eigenvalue weighted by Gasteiger charge is -2.26. The van der Waals surface area contributed by atoms with Crippen LogP contribution in [0, 0.1) is 0 Å². The van der Waals surface area contributed by atoms with Crippen molar-refractivity contribution < 1.29 is 24.2 Å². The molecule has 0 spiro atoms. The van der Waals surface area contributed by atoms with Crippen molar-refractivity contribution in [3.05, 3.63) is 70.8 Å². The first-order valence-corrected chi connectivity index (χ1v) is 8.91. The Morgan fingerprint density at radius 3 is 2.66 bits per heavy atom.